The molecule has 0 fully saturated rings. The first kappa shape index (κ1) is 14.4. The minimum absolute atomic E-state index is 0.158. The van der Waals surface area contributed by atoms with Gasteiger partial charge in [-0.25, -0.2) is 0 Å². The number of amides is 1. The molecule has 0 radical (unpaired) electrons. The topological polar surface area (TPSA) is 72.2 Å². The summed E-state index contributed by atoms with van der Waals surface area (Å²) in [5.41, 5.74) is 0.323. The normalized spacial score (nSPS) is 10.5. The van der Waals surface area contributed by atoms with Crippen molar-refractivity contribution in [2.45, 2.75) is 0 Å². The Morgan fingerprint density at radius 2 is 1.90 bits per heavy atom. The van der Waals surface area contributed by atoms with E-state index < -0.39 is 22.3 Å². The molecule has 1 N–H and O–H groups in total. The van der Waals surface area contributed by atoms with Gasteiger partial charge in [0.2, 0.25) is 11.7 Å². The largest absolute Gasteiger partial charge is 0.322 e. The van der Waals surface area contributed by atoms with Gasteiger partial charge in [-0.15, -0.1) is 0 Å². The van der Waals surface area contributed by atoms with E-state index in [1.807, 2.05) is 30.3 Å². The molecule has 0 aliphatic heterocycles. The van der Waals surface area contributed by atoms with Gasteiger partial charge in [-0.1, -0.05) is 30.3 Å². The molecular weight excluding hydrogens is 275 g/mol. The van der Waals surface area contributed by atoms with Crippen LogP contribution in [0.2, 0.25) is 0 Å². The van der Waals surface area contributed by atoms with Gasteiger partial charge < -0.3 is 5.32 Å². The number of hydrogen-bond acceptors (Lipinski definition) is 3. The first-order valence-corrected chi connectivity index (χ1v) is 6.04. The molecule has 0 atom stereocenters. The van der Waals surface area contributed by atoms with Crippen molar-refractivity contribution in [3.05, 3.63) is 76.1 Å². The number of nitrogens with one attached hydrogen (secondary N) is 1. The molecule has 0 unspecified atom stereocenters. The molecule has 0 saturated carbocycles. The van der Waals surface area contributed by atoms with Crippen molar-refractivity contribution in [2.75, 3.05) is 5.32 Å². The van der Waals surface area contributed by atoms with Crippen LogP contribution in [-0.4, -0.2) is 10.8 Å². The third kappa shape index (κ3) is 3.97. The van der Waals surface area contributed by atoms with Crippen LogP contribution in [0.5, 0.6) is 0 Å². The highest BCUT2D eigenvalue weighted by Crippen LogP contribution is 2.21. The summed E-state index contributed by atoms with van der Waals surface area (Å²) in [5.74, 6) is -1.41. The maximum Gasteiger partial charge on any atom is 0.306 e. The van der Waals surface area contributed by atoms with Crippen molar-refractivity contribution in [2.24, 2.45) is 0 Å². The number of hydrogen-bond donors (Lipinski definition) is 1. The molecule has 1 amide bonds. The van der Waals surface area contributed by atoms with E-state index in [2.05, 4.69) is 5.32 Å². The Morgan fingerprint density at radius 3 is 2.57 bits per heavy atom. The average molecular weight is 286 g/mol. The zero-order chi connectivity index (χ0) is 15.2. The summed E-state index contributed by atoms with van der Waals surface area (Å²) >= 11 is 0. The predicted octanol–water partition coefficient (Wildman–Crippen LogP) is 3.39. The Labute approximate surface area is 119 Å². The third-order valence-corrected chi connectivity index (χ3v) is 2.64. The molecule has 0 bridgehead atoms. The number of halogens is 1. The molecular formula is C15H11FN2O3. The predicted molar refractivity (Wildman–Crippen MR) is 77.2 cm³/mol. The smallest absolute Gasteiger partial charge is 0.306 e. The number of nitro groups is 1. The lowest BCUT2D eigenvalue weighted by atomic mass is 10.2. The highest BCUT2D eigenvalue weighted by molar-refractivity contribution is 6.02. The van der Waals surface area contributed by atoms with E-state index in [1.165, 1.54) is 12.1 Å². The molecule has 6 heteroatoms. The highest BCUT2D eigenvalue weighted by Gasteiger charge is 2.14. The summed E-state index contributed by atoms with van der Waals surface area (Å²) in [5, 5.41) is 13.0. The van der Waals surface area contributed by atoms with E-state index in [0.717, 1.165) is 17.7 Å². The molecule has 0 aromatic heterocycles. The second kappa shape index (κ2) is 6.42. The molecule has 2 rings (SSSR count). The Balaban J connectivity index is 2.08. The van der Waals surface area contributed by atoms with Crippen molar-refractivity contribution in [1.82, 2.24) is 0 Å². The van der Waals surface area contributed by atoms with Crippen LogP contribution >= 0.6 is 0 Å². The second-order valence-corrected chi connectivity index (χ2v) is 4.16. The number of benzene rings is 2. The minimum Gasteiger partial charge on any atom is -0.322 e. The second-order valence-electron chi connectivity index (χ2n) is 4.16. The van der Waals surface area contributed by atoms with Crippen LogP contribution in [0.1, 0.15) is 5.56 Å². The fourth-order valence-corrected chi connectivity index (χ4v) is 1.65. The monoisotopic (exact) mass is 286 g/mol. The number of rotatable bonds is 4. The van der Waals surface area contributed by atoms with Gasteiger partial charge in [0, 0.05) is 17.8 Å². The zero-order valence-electron chi connectivity index (χ0n) is 10.8. The average Bonchev–Trinajstić information content (AvgIpc) is 2.48. The molecule has 0 spiro atoms. The van der Waals surface area contributed by atoms with Gasteiger partial charge in [0.05, 0.1) is 4.92 Å². The van der Waals surface area contributed by atoms with E-state index in [-0.39, 0.29) is 5.69 Å². The Hall–Kier alpha value is -3.02. The van der Waals surface area contributed by atoms with Gasteiger partial charge in [0.15, 0.2) is 0 Å². The number of nitro benzene ring substituents is 1. The van der Waals surface area contributed by atoms with Crippen LogP contribution in [-0.2, 0) is 4.79 Å². The zero-order valence-corrected chi connectivity index (χ0v) is 10.8. The summed E-state index contributed by atoms with van der Waals surface area (Å²) in [6.07, 6.45) is 2.90. The lowest BCUT2D eigenvalue weighted by Crippen LogP contribution is -2.08. The summed E-state index contributed by atoms with van der Waals surface area (Å²) < 4.78 is 13.2. The maximum atomic E-state index is 13.2. The molecule has 21 heavy (non-hydrogen) atoms. The van der Waals surface area contributed by atoms with E-state index in [4.69, 9.17) is 0 Å². The van der Waals surface area contributed by atoms with Crippen LogP contribution in [0.3, 0.4) is 0 Å². The van der Waals surface area contributed by atoms with E-state index in [1.54, 1.807) is 6.08 Å². The van der Waals surface area contributed by atoms with Crippen LogP contribution in [0.4, 0.5) is 15.8 Å². The van der Waals surface area contributed by atoms with Gasteiger partial charge in [0.25, 0.3) is 0 Å². The van der Waals surface area contributed by atoms with Crippen molar-refractivity contribution in [1.29, 1.82) is 0 Å². The summed E-state index contributed by atoms with van der Waals surface area (Å²) in [6.45, 7) is 0. The lowest BCUT2D eigenvalue weighted by Gasteiger charge is -2.02. The molecule has 0 aliphatic rings. The SMILES string of the molecule is O=C(C=Cc1ccccc1)Nc1ccc(F)c([N+](=O)[O-])c1. The van der Waals surface area contributed by atoms with Crippen LogP contribution in [0, 0.1) is 15.9 Å². The van der Waals surface area contributed by atoms with Gasteiger partial charge in [-0.3, -0.25) is 14.9 Å². The number of carbonyl (C=O) groups is 1. The number of nitrogens with zero attached hydrogens (tertiary/aromatic N) is 1. The summed E-state index contributed by atoms with van der Waals surface area (Å²) in [4.78, 5) is 21.5. The maximum absolute atomic E-state index is 13.2. The van der Waals surface area contributed by atoms with Crippen molar-refractivity contribution in [3.63, 3.8) is 0 Å². The van der Waals surface area contributed by atoms with E-state index in [0.29, 0.717) is 0 Å². The van der Waals surface area contributed by atoms with Crippen molar-refractivity contribution >= 4 is 23.4 Å². The summed E-state index contributed by atoms with van der Waals surface area (Å²) in [7, 11) is 0. The van der Waals surface area contributed by atoms with Crippen LogP contribution in [0.25, 0.3) is 6.08 Å². The van der Waals surface area contributed by atoms with Gasteiger partial charge in [-0.2, -0.15) is 4.39 Å². The molecule has 0 saturated heterocycles. The molecule has 2 aromatic rings. The van der Waals surface area contributed by atoms with Crippen molar-refractivity contribution < 1.29 is 14.1 Å². The summed E-state index contributed by atoms with van der Waals surface area (Å²) in [6, 6.07) is 12.4. The Morgan fingerprint density at radius 1 is 1.19 bits per heavy atom. The first-order valence-electron chi connectivity index (χ1n) is 6.04. The van der Waals surface area contributed by atoms with Gasteiger partial charge in [-0.05, 0) is 23.8 Å². The Bertz CT molecular complexity index is 699. The standard InChI is InChI=1S/C15H11FN2O3/c16-13-8-7-12(10-14(13)18(20)21)17-15(19)9-6-11-4-2-1-3-5-11/h1-10H,(H,17,19). The van der Waals surface area contributed by atoms with Crippen LogP contribution < -0.4 is 5.32 Å². The van der Waals surface area contributed by atoms with Crippen molar-refractivity contribution in [3.8, 4) is 0 Å². The molecule has 0 heterocycles. The highest BCUT2D eigenvalue weighted by atomic mass is 19.1. The van der Waals surface area contributed by atoms with Gasteiger partial charge in [0.1, 0.15) is 0 Å². The quantitative estimate of drug-likeness (QED) is 0.532. The molecule has 0 aliphatic carbocycles. The third-order valence-electron chi connectivity index (χ3n) is 2.64. The van der Waals surface area contributed by atoms with E-state index >= 15 is 0 Å². The minimum atomic E-state index is -0.946. The van der Waals surface area contributed by atoms with E-state index in [9.17, 15) is 19.3 Å². The number of carbonyl (C=O) groups excluding carboxylic acids is 1. The Kier molecular flexibility index (Phi) is 4.40. The van der Waals surface area contributed by atoms with Gasteiger partial charge >= 0.3 is 5.69 Å². The molecule has 5 nitrogen and oxygen atoms in total. The fourth-order valence-electron chi connectivity index (χ4n) is 1.65. The molecule has 106 valence electrons. The number of anilines is 1. The lowest BCUT2D eigenvalue weighted by molar-refractivity contribution is -0.387. The first-order chi connectivity index (χ1) is 10.1. The van der Waals surface area contributed by atoms with Crippen LogP contribution in [0.15, 0.2) is 54.6 Å². The fraction of sp³-hybridized carbons (Fsp3) is 0. The molecule has 2 aromatic carbocycles.